The van der Waals surface area contributed by atoms with Crippen LogP contribution in [0.15, 0.2) is 36.7 Å². The molecule has 21 heavy (non-hydrogen) atoms. The first-order chi connectivity index (χ1) is 10.2. The van der Waals surface area contributed by atoms with Crippen LogP contribution in [0.25, 0.3) is 0 Å². The van der Waals surface area contributed by atoms with Gasteiger partial charge in [0.05, 0.1) is 12.4 Å². The van der Waals surface area contributed by atoms with E-state index in [0.29, 0.717) is 25.3 Å². The minimum Gasteiger partial charge on any atom is -0.369 e. The van der Waals surface area contributed by atoms with Crippen molar-refractivity contribution in [1.82, 2.24) is 15.3 Å². The van der Waals surface area contributed by atoms with E-state index in [9.17, 15) is 9.18 Å². The largest absolute Gasteiger partial charge is 0.369 e. The highest BCUT2D eigenvalue weighted by atomic mass is 19.1. The van der Waals surface area contributed by atoms with Gasteiger partial charge in [0.25, 0.3) is 5.91 Å². The van der Waals surface area contributed by atoms with E-state index in [2.05, 4.69) is 20.6 Å². The van der Waals surface area contributed by atoms with Crippen LogP contribution >= 0.6 is 0 Å². The van der Waals surface area contributed by atoms with Crippen LogP contribution in [0.1, 0.15) is 23.0 Å². The Labute approximate surface area is 122 Å². The van der Waals surface area contributed by atoms with Crippen LogP contribution in [-0.4, -0.2) is 29.0 Å². The van der Waals surface area contributed by atoms with Gasteiger partial charge in [-0.05, 0) is 31.0 Å². The van der Waals surface area contributed by atoms with Crippen LogP contribution in [0.4, 0.5) is 10.2 Å². The van der Waals surface area contributed by atoms with Gasteiger partial charge in [-0.25, -0.2) is 9.37 Å². The molecule has 1 aromatic heterocycles. The average molecular weight is 288 g/mol. The van der Waals surface area contributed by atoms with E-state index in [1.165, 1.54) is 18.3 Å². The molecule has 0 bridgehead atoms. The third kappa shape index (κ3) is 4.52. The molecule has 1 aromatic carbocycles. The molecule has 0 aliphatic heterocycles. The summed E-state index contributed by atoms with van der Waals surface area (Å²) in [6.45, 7) is 3.06. The predicted molar refractivity (Wildman–Crippen MR) is 78.6 cm³/mol. The number of hydrogen-bond donors (Lipinski definition) is 2. The number of halogens is 1. The molecule has 2 rings (SSSR count). The molecule has 2 aromatic rings. The van der Waals surface area contributed by atoms with Gasteiger partial charge < -0.3 is 10.6 Å². The lowest BCUT2D eigenvalue weighted by atomic mass is 10.1. The summed E-state index contributed by atoms with van der Waals surface area (Å²) in [7, 11) is 0. The van der Waals surface area contributed by atoms with Crippen LogP contribution in [0.2, 0.25) is 0 Å². The second kappa shape index (κ2) is 7.33. The molecule has 0 saturated heterocycles. The van der Waals surface area contributed by atoms with Crippen molar-refractivity contribution in [2.75, 3.05) is 18.4 Å². The zero-order valence-electron chi connectivity index (χ0n) is 11.8. The minimum atomic E-state index is -0.293. The number of anilines is 1. The smallest absolute Gasteiger partial charge is 0.271 e. The Kier molecular flexibility index (Phi) is 5.20. The molecule has 0 aliphatic rings. The second-order valence-electron chi connectivity index (χ2n) is 4.46. The van der Waals surface area contributed by atoms with E-state index in [-0.39, 0.29) is 17.4 Å². The Morgan fingerprint density at radius 2 is 2.19 bits per heavy atom. The summed E-state index contributed by atoms with van der Waals surface area (Å²) in [5.41, 5.74) is 1.09. The molecule has 0 atom stereocenters. The summed E-state index contributed by atoms with van der Waals surface area (Å²) < 4.78 is 13.0. The SMILES string of the molecule is CCNc1cncc(C(=O)NCCc2cccc(F)c2)n1. The number of carbonyl (C=O) groups is 1. The molecule has 6 heteroatoms. The Balaban J connectivity index is 1.88. The maximum Gasteiger partial charge on any atom is 0.271 e. The number of aromatic nitrogens is 2. The van der Waals surface area contributed by atoms with Crippen LogP contribution in [0.3, 0.4) is 0 Å². The van der Waals surface area contributed by atoms with E-state index in [1.54, 1.807) is 12.3 Å². The second-order valence-corrected chi connectivity index (χ2v) is 4.46. The summed E-state index contributed by atoms with van der Waals surface area (Å²) in [5, 5.41) is 5.74. The fourth-order valence-corrected chi connectivity index (χ4v) is 1.85. The first-order valence-corrected chi connectivity index (χ1v) is 6.77. The first-order valence-electron chi connectivity index (χ1n) is 6.77. The minimum absolute atomic E-state index is 0.257. The molecule has 110 valence electrons. The maximum absolute atomic E-state index is 13.0. The Morgan fingerprint density at radius 3 is 2.95 bits per heavy atom. The Hall–Kier alpha value is -2.50. The third-order valence-corrected chi connectivity index (χ3v) is 2.81. The van der Waals surface area contributed by atoms with Crippen LogP contribution in [0, 0.1) is 5.82 Å². The lowest BCUT2D eigenvalue weighted by molar-refractivity contribution is 0.0949. The molecule has 0 fully saturated rings. The summed E-state index contributed by atoms with van der Waals surface area (Å²) in [6.07, 6.45) is 3.54. The predicted octanol–water partition coefficient (Wildman–Crippen LogP) is 2.02. The van der Waals surface area contributed by atoms with Crippen molar-refractivity contribution in [3.63, 3.8) is 0 Å². The van der Waals surface area contributed by atoms with Gasteiger partial charge in [-0.15, -0.1) is 0 Å². The number of rotatable bonds is 6. The standard InChI is InChI=1S/C15H17FN4O/c1-2-18-14-10-17-9-13(20-14)15(21)19-7-6-11-4-3-5-12(16)8-11/h3-5,8-10H,2,6-7H2,1H3,(H,18,20)(H,19,21). The van der Waals surface area contributed by atoms with Crippen LogP contribution in [-0.2, 0) is 6.42 Å². The molecule has 0 saturated carbocycles. The van der Waals surface area contributed by atoms with Crippen LogP contribution < -0.4 is 10.6 Å². The summed E-state index contributed by atoms with van der Waals surface area (Å²) in [5.74, 6) is -0.00280. The normalized spacial score (nSPS) is 10.2. The quantitative estimate of drug-likeness (QED) is 0.853. The fraction of sp³-hybridized carbons (Fsp3) is 0.267. The zero-order valence-corrected chi connectivity index (χ0v) is 11.8. The van der Waals surface area contributed by atoms with Crippen molar-refractivity contribution in [3.05, 3.63) is 53.7 Å². The Bertz CT molecular complexity index is 618. The van der Waals surface area contributed by atoms with Crippen molar-refractivity contribution in [2.45, 2.75) is 13.3 Å². The number of hydrogen-bond acceptors (Lipinski definition) is 4. The maximum atomic E-state index is 13.0. The lowest BCUT2D eigenvalue weighted by Crippen LogP contribution is -2.27. The molecule has 1 amide bonds. The zero-order chi connectivity index (χ0) is 15.1. The number of nitrogens with zero attached hydrogens (tertiary/aromatic N) is 2. The number of nitrogens with one attached hydrogen (secondary N) is 2. The number of carbonyl (C=O) groups excluding carboxylic acids is 1. The summed E-state index contributed by atoms with van der Waals surface area (Å²) in [6, 6.07) is 6.32. The van der Waals surface area contributed by atoms with Crippen molar-refractivity contribution >= 4 is 11.7 Å². The van der Waals surface area contributed by atoms with Crippen molar-refractivity contribution in [1.29, 1.82) is 0 Å². The topological polar surface area (TPSA) is 66.9 Å². The van der Waals surface area contributed by atoms with E-state index in [0.717, 1.165) is 5.56 Å². The van der Waals surface area contributed by atoms with Crippen molar-refractivity contribution in [3.8, 4) is 0 Å². The van der Waals surface area contributed by atoms with Gasteiger partial charge in [0.2, 0.25) is 0 Å². The molecular formula is C15H17FN4O. The van der Waals surface area contributed by atoms with E-state index in [4.69, 9.17) is 0 Å². The van der Waals surface area contributed by atoms with E-state index < -0.39 is 0 Å². The summed E-state index contributed by atoms with van der Waals surface area (Å²) in [4.78, 5) is 20.1. The van der Waals surface area contributed by atoms with Crippen molar-refractivity contribution in [2.24, 2.45) is 0 Å². The van der Waals surface area contributed by atoms with Crippen LogP contribution in [0.5, 0.6) is 0 Å². The Morgan fingerprint density at radius 1 is 1.33 bits per heavy atom. The van der Waals surface area contributed by atoms with Gasteiger partial charge in [-0.1, -0.05) is 12.1 Å². The molecule has 0 radical (unpaired) electrons. The molecule has 0 spiro atoms. The molecule has 0 unspecified atom stereocenters. The molecule has 0 aliphatic carbocycles. The monoisotopic (exact) mass is 288 g/mol. The number of amides is 1. The van der Waals surface area contributed by atoms with Gasteiger partial charge in [-0.3, -0.25) is 9.78 Å². The van der Waals surface area contributed by atoms with Gasteiger partial charge in [0.1, 0.15) is 17.3 Å². The first kappa shape index (κ1) is 14.9. The van der Waals surface area contributed by atoms with Gasteiger partial charge in [0, 0.05) is 13.1 Å². The number of benzene rings is 1. The molecule has 1 heterocycles. The van der Waals surface area contributed by atoms with Gasteiger partial charge in [0.15, 0.2) is 0 Å². The molecule has 5 nitrogen and oxygen atoms in total. The summed E-state index contributed by atoms with van der Waals surface area (Å²) >= 11 is 0. The highest BCUT2D eigenvalue weighted by Gasteiger charge is 2.08. The van der Waals surface area contributed by atoms with Gasteiger partial charge >= 0.3 is 0 Å². The van der Waals surface area contributed by atoms with E-state index >= 15 is 0 Å². The fourth-order valence-electron chi connectivity index (χ4n) is 1.85. The highest BCUT2D eigenvalue weighted by Crippen LogP contribution is 2.04. The third-order valence-electron chi connectivity index (χ3n) is 2.81. The van der Waals surface area contributed by atoms with Gasteiger partial charge in [-0.2, -0.15) is 0 Å². The lowest BCUT2D eigenvalue weighted by Gasteiger charge is -2.06. The molecular weight excluding hydrogens is 271 g/mol. The van der Waals surface area contributed by atoms with E-state index in [1.807, 2.05) is 13.0 Å². The highest BCUT2D eigenvalue weighted by molar-refractivity contribution is 5.92. The molecule has 2 N–H and O–H groups in total. The average Bonchev–Trinajstić information content (AvgIpc) is 2.48. The van der Waals surface area contributed by atoms with Crippen molar-refractivity contribution < 1.29 is 9.18 Å².